The molecule has 1 aromatic rings. The van der Waals surface area contributed by atoms with Crippen molar-refractivity contribution in [2.24, 2.45) is 5.92 Å². The van der Waals surface area contributed by atoms with Gasteiger partial charge >= 0.3 is 6.03 Å². The molecule has 6 heteroatoms. The van der Waals surface area contributed by atoms with E-state index in [2.05, 4.69) is 33.6 Å². The van der Waals surface area contributed by atoms with E-state index in [9.17, 15) is 4.79 Å². The Labute approximate surface area is 144 Å². The maximum atomic E-state index is 12.0. The number of urea groups is 1. The SMILES string of the molecule is CN1CC[C@@H](CNC(=O)NCCC2CCCO2)[C@@H]1c1cccnc1. The fourth-order valence-corrected chi connectivity index (χ4v) is 3.82. The highest BCUT2D eigenvalue weighted by Gasteiger charge is 2.33. The van der Waals surface area contributed by atoms with Gasteiger partial charge in [0.05, 0.1) is 6.10 Å². The molecule has 0 aliphatic carbocycles. The predicted molar refractivity (Wildman–Crippen MR) is 92.7 cm³/mol. The van der Waals surface area contributed by atoms with Crippen LogP contribution >= 0.6 is 0 Å². The van der Waals surface area contributed by atoms with E-state index >= 15 is 0 Å². The molecule has 132 valence electrons. The van der Waals surface area contributed by atoms with Crippen molar-refractivity contribution in [2.45, 2.75) is 37.8 Å². The lowest BCUT2D eigenvalue weighted by Gasteiger charge is -2.25. The van der Waals surface area contributed by atoms with Crippen LogP contribution < -0.4 is 10.6 Å². The quantitative estimate of drug-likeness (QED) is 0.835. The van der Waals surface area contributed by atoms with E-state index in [1.54, 1.807) is 6.20 Å². The highest BCUT2D eigenvalue weighted by atomic mass is 16.5. The number of hydrogen-bond acceptors (Lipinski definition) is 4. The number of hydrogen-bond donors (Lipinski definition) is 2. The molecule has 2 amide bonds. The molecule has 0 bridgehead atoms. The molecular formula is C18H28N4O2. The van der Waals surface area contributed by atoms with Gasteiger partial charge in [0.25, 0.3) is 0 Å². The van der Waals surface area contributed by atoms with E-state index in [1.807, 2.05) is 12.3 Å². The van der Waals surface area contributed by atoms with Gasteiger partial charge in [0.15, 0.2) is 0 Å². The van der Waals surface area contributed by atoms with E-state index in [0.717, 1.165) is 38.8 Å². The van der Waals surface area contributed by atoms with Crippen molar-refractivity contribution in [1.82, 2.24) is 20.5 Å². The third-order valence-electron chi connectivity index (χ3n) is 5.10. The molecule has 3 atom stereocenters. The Morgan fingerprint density at radius 3 is 3.08 bits per heavy atom. The van der Waals surface area contributed by atoms with Gasteiger partial charge in [0.2, 0.25) is 0 Å². The van der Waals surface area contributed by atoms with Gasteiger partial charge in [-0.3, -0.25) is 9.88 Å². The van der Waals surface area contributed by atoms with E-state index in [-0.39, 0.29) is 6.03 Å². The van der Waals surface area contributed by atoms with E-state index in [4.69, 9.17) is 4.74 Å². The number of pyridine rings is 1. The Hall–Kier alpha value is -1.66. The minimum absolute atomic E-state index is 0.0764. The van der Waals surface area contributed by atoms with Crippen molar-refractivity contribution in [3.8, 4) is 0 Å². The summed E-state index contributed by atoms with van der Waals surface area (Å²) >= 11 is 0. The van der Waals surface area contributed by atoms with Crippen molar-refractivity contribution in [2.75, 3.05) is 33.3 Å². The molecule has 2 saturated heterocycles. The van der Waals surface area contributed by atoms with Crippen LogP contribution in [0, 0.1) is 5.92 Å². The summed E-state index contributed by atoms with van der Waals surface area (Å²) in [5, 5.41) is 5.98. The first kappa shape index (κ1) is 17.2. The Kier molecular flexibility index (Phi) is 6.04. The molecular weight excluding hydrogens is 304 g/mol. The van der Waals surface area contributed by atoms with Crippen molar-refractivity contribution >= 4 is 6.03 Å². The van der Waals surface area contributed by atoms with Gasteiger partial charge in [-0.25, -0.2) is 4.79 Å². The van der Waals surface area contributed by atoms with E-state index in [1.165, 1.54) is 5.56 Å². The van der Waals surface area contributed by atoms with Crippen molar-refractivity contribution < 1.29 is 9.53 Å². The van der Waals surface area contributed by atoms with Crippen LogP contribution in [0.4, 0.5) is 4.79 Å². The summed E-state index contributed by atoms with van der Waals surface area (Å²) in [6.07, 6.45) is 8.30. The van der Waals surface area contributed by atoms with Gasteiger partial charge in [0, 0.05) is 38.1 Å². The molecule has 0 aromatic carbocycles. The second kappa shape index (κ2) is 8.44. The molecule has 1 aromatic heterocycles. The normalized spacial score (nSPS) is 27.3. The fraction of sp³-hybridized carbons (Fsp3) is 0.667. The summed E-state index contributed by atoms with van der Waals surface area (Å²) in [5.41, 5.74) is 1.23. The largest absolute Gasteiger partial charge is 0.378 e. The van der Waals surface area contributed by atoms with Gasteiger partial charge < -0.3 is 15.4 Å². The maximum Gasteiger partial charge on any atom is 0.314 e. The van der Waals surface area contributed by atoms with Crippen LogP contribution in [-0.4, -0.2) is 55.3 Å². The van der Waals surface area contributed by atoms with Crippen LogP contribution in [0.25, 0.3) is 0 Å². The average molecular weight is 332 g/mol. The Morgan fingerprint density at radius 1 is 1.42 bits per heavy atom. The summed E-state index contributed by atoms with van der Waals surface area (Å²) in [6.45, 7) is 3.27. The minimum atomic E-state index is -0.0764. The molecule has 2 aliphatic heterocycles. The summed E-state index contributed by atoms with van der Waals surface area (Å²) in [6, 6.07) is 4.34. The lowest BCUT2D eigenvalue weighted by molar-refractivity contribution is 0.104. The second-order valence-electron chi connectivity index (χ2n) is 6.82. The summed E-state index contributed by atoms with van der Waals surface area (Å²) in [4.78, 5) is 18.6. The zero-order valence-electron chi connectivity index (χ0n) is 14.4. The highest BCUT2D eigenvalue weighted by molar-refractivity contribution is 5.73. The van der Waals surface area contributed by atoms with Crippen molar-refractivity contribution in [3.05, 3.63) is 30.1 Å². The van der Waals surface area contributed by atoms with Crippen LogP contribution in [-0.2, 0) is 4.74 Å². The van der Waals surface area contributed by atoms with Gasteiger partial charge in [-0.2, -0.15) is 0 Å². The molecule has 2 fully saturated rings. The van der Waals surface area contributed by atoms with Crippen LogP contribution in [0.15, 0.2) is 24.5 Å². The smallest absolute Gasteiger partial charge is 0.314 e. The highest BCUT2D eigenvalue weighted by Crippen LogP contribution is 2.35. The number of likely N-dealkylation sites (tertiary alicyclic amines) is 1. The molecule has 1 unspecified atom stereocenters. The summed E-state index contributed by atoms with van der Waals surface area (Å²) in [5.74, 6) is 0.420. The number of aromatic nitrogens is 1. The molecule has 6 nitrogen and oxygen atoms in total. The topological polar surface area (TPSA) is 66.5 Å². The zero-order valence-corrected chi connectivity index (χ0v) is 14.4. The zero-order chi connectivity index (χ0) is 16.8. The summed E-state index contributed by atoms with van der Waals surface area (Å²) in [7, 11) is 2.14. The maximum absolute atomic E-state index is 12.0. The molecule has 3 heterocycles. The number of carbonyl (C=O) groups excluding carboxylic acids is 1. The van der Waals surface area contributed by atoms with Crippen LogP contribution in [0.2, 0.25) is 0 Å². The third-order valence-corrected chi connectivity index (χ3v) is 5.10. The second-order valence-corrected chi connectivity index (χ2v) is 6.82. The van der Waals surface area contributed by atoms with Gasteiger partial charge in [-0.1, -0.05) is 6.07 Å². The number of ether oxygens (including phenoxy) is 1. The van der Waals surface area contributed by atoms with Crippen LogP contribution in [0.1, 0.15) is 37.3 Å². The van der Waals surface area contributed by atoms with Gasteiger partial charge in [-0.15, -0.1) is 0 Å². The van der Waals surface area contributed by atoms with Crippen LogP contribution in [0.5, 0.6) is 0 Å². The number of carbonyl (C=O) groups is 1. The standard InChI is InChI=1S/C18H28N4O2/c1-22-10-7-15(17(22)14-4-2-8-19-12-14)13-21-18(23)20-9-6-16-5-3-11-24-16/h2,4,8,12,15-17H,3,5-7,9-11,13H2,1H3,(H2,20,21,23)/t15-,16?,17-/m0/s1. The minimum Gasteiger partial charge on any atom is -0.378 e. The molecule has 0 saturated carbocycles. The lowest BCUT2D eigenvalue weighted by atomic mass is 9.95. The number of nitrogens with zero attached hydrogens (tertiary/aromatic N) is 2. The molecule has 2 N–H and O–H groups in total. The number of amides is 2. The van der Waals surface area contributed by atoms with E-state index in [0.29, 0.717) is 31.2 Å². The van der Waals surface area contributed by atoms with E-state index < -0.39 is 0 Å². The fourth-order valence-electron chi connectivity index (χ4n) is 3.82. The molecule has 24 heavy (non-hydrogen) atoms. The Morgan fingerprint density at radius 2 is 2.33 bits per heavy atom. The average Bonchev–Trinajstić information content (AvgIpc) is 3.23. The van der Waals surface area contributed by atoms with Gasteiger partial charge in [0.1, 0.15) is 0 Å². The van der Waals surface area contributed by atoms with Crippen LogP contribution in [0.3, 0.4) is 0 Å². The molecule has 3 rings (SSSR count). The molecule has 2 aliphatic rings. The lowest BCUT2D eigenvalue weighted by Crippen LogP contribution is -2.40. The first-order valence-electron chi connectivity index (χ1n) is 8.97. The van der Waals surface area contributed by atoms with Crippen molar-refractivity contribution in [1.29, 1.82) is 0 Å². The Bertz CT molecular complexity index is 519. The van der Waals surface area contributed by atoms with Crippen molar-refractivity contribution in [3.63, 3.8) is 0 Å². The third kappa shape index (κ3) is 4.45. The predicted octanol–water partition coefficient (Wildman–Crippen LogP) is 1.94. The summed E-state index contributed by atoms with van der Waals surface area (Å²) < 4.78 is 5.57. The first-order chi connectivity index (χ1) is 11.7. The first-order valence-corrected chi connectivity index (χ1v) is 8.97. The van der Waals surface area contributed by atoms with Gasteiger partial charge in [-0.05, 0) is 56.8 Å². The molecule has 0 radical (unpaired) electrons. The number of nitrogens with one attached hydrogen (secondary N) is 2. The Balaban J connectivity index is 1.42. The number of rotatable bonds is 6. The monoisotopic (exact) mass is 332 g/mol. The molecule has 0 spiro atoms.